The molecule has 1 aliphatic heterocycles. The first-order chi connectivity index (χ1) is 20.6. The summed E-state index contributed by atoms with van der Waals surface area (Å²) in [6.07, 6.45) is 4.79. The Kier molecular flexibility index (Phi) is 6.27. The van der Waals surface area contributed by atoms with E-state index in [1.54, 1.807) is 54.4 Å². The first-order valence-electron chi connectivity index (χ1n) is 13.1. The lowest BCUT2D eigenvalue weighted by Gasteiger charge is -2.24. The van der Waals surface area contributed by atoms with Crippen molar-refractivity contribution in [3.63, 3.8) is 0 Å². The lowest BCUT2D eigenvalue weighted by atomic mass is 9.88. The molecule has 210 valence electrons. The number of oxime groups is 1. The summed E-state index contributed by atoms with van der Waals surface area (Å²) in [5, 5.41) is 13.5. The van der Waals surface area contributed by atoms with Gasteiger partial charge in [-0.25, -0.2) is 19.2 Å². The predicted molar refractivity (Wildman–Crippen MR) is 151 cm³/mol. The topological polar surface area (TPSA) is 123 Å². The maximum atomic E-state index is 6.41. The fourth-order valence-electron chi connectivity index (χ4n) is 5.09. The van der Waals surface area contributed by atoms with Crippen LogP contribution in [-0.4, -0.2) is 49.8 Å². The van der Waals surface area contributed by atoms with Crippen LogP contribution in [0.1, 0.15) is 39.9 Å². The molecule has 6 aromatic rings. The molecule has 0 fully saturated rings. The molecule has 5 heterocycles. The van der Waals surface area contributed by atoms with Crippen LogP contribution in [0.4, 0.5) is 0 Å². The molecular formula is C30H25N7O5. The average molecular weight is 564 g/mol. The van der Waals surface area contributed by atoms with Gasteiger partial charge >= 0.3 is 0 Å². The van der Waals surface area contributed by atoms with Crippen molar-refractivity contribution in [1.82, 2.24) is 29.4 Å². The van der Waals surface area contributed by atoms with Crippen LogP contribution in [0, 0.1) is 6.92 Å². The van der Waals surface area contributed by atoms with E-state index in [2.05, 4.69) is 15.2 Å². The van der Waals surface area contributed by atoms with Gasteiger partial charge < -0.3 is 23.5 Å². The molecular weight excluding hydrogens is 538 g/mol. The van der Waals surface area contributed by atoms with Gasteiger partial charge in [-0.05, 0) is 49.4 Å². The van der Waals surface area contributed by atoms with E-state index in [0.717, 1.165) is 28.1 Å². The molecule has 0 saturated carbocycles. The predicted octanol–water partition coefficient (Wildman–Crippen LogP) is 5.07. The molecule has 7 rings (SSSR count). The van der Waals surface area contributed by atoms with Gasteiger partial charge in [-0.2, -0.15) is 5.10 Å². The largest absolute Gasteiger partial charge is 0.493 e. The van der Waals surface area contributed by atoms with Crippen molar-refractivity contribution in [2.45, 2.75) is 19.4 Å². The minimum absolute atomic E-state index is 0.0444. The highest BCUT2D eigenvalue weighted by molar-refractivity contribution is 5.80. The molecule has 0 saturated heterocycles. The summed E-state index contributed by atoms with van der Waals surface area (Å²) in [4.78, 5) is 14.9. The first kappa shape index (κ1) is 25.3. The lowest BCUT2D eigenvalue weighted by molar-refractivity contribution is 0.126. The van der Waals surface area contributed by atoms with E-state index >= 15 is 0 Å². The van der Waals surface area contributed by atoms with E-state index in [0.29, 0.717) is 40.5 Å². The van der Waals surface area contributed by atoms with Crippen molar-refractivity contribution in [1.29, 1.82) is 0 Å². The van der Waals surface area contributed by atoms with Crippen molar-refractivity contribution in [3.8, 4) is 28.9 Å². The summed E-state index contributed by atoms with van der Waals surface area (Å²) in [7, 11) is 3.17. The molecule has 4 aromatic heterocycles. The van der Waals surface area contributed by atoms with Gasteiger partial charge in [0.1, 0.15) is 12.1 Å². The third kappa shape index (κ3) is 4.29. The Labute approximate surface area is 239 Å². The number of para-hydroxylation sites is 1. The first-order valence-corrected chi connectivity index (χ1v) is 13.1. The van der Waals surface area contributed by atoms with Crippen LogP contribution in [-0.2, 0) is 11.4 Å². The van der Waals surface area contributed by atoms with E-state index in [1.807, 2.05) is 55.5 Å². The van der Waals surface area contributed by atoms with Crippen LogP contribution in [0.2, 0.25) is 0 Å². The molecule has 2 aromatic carbocycles. The van der Waals surface area contributed by atoms with E-state index in [-0.39, 0.29) is 12.5 Å². The second-order valence-corrected chi connectivity index (χ2v) is 9.48. The molecule has 0 spiro atoms. The number of aromatic nitrogens is 6. The Bertz CT molecular complexity index is 1910. The minimum atomic E-state index is -0.367. The van der Waals surface area contributed by atoms with Crippen LogP contribution in [0.5, 0.6) is 23.3 Å². The Morgan fingerprint density at radius 3 is 2.62 bits per heavy atom. The normalized spacial score (nSPS) is 14.0. The van der Waals surface area contributed by atoms with Crippen molar-refractivity contribution < 1.29 is 23.5 Å². The zero-order valence-electron chi connectivity index (χ0n) is 23.0. The summed E-state index contributed by atoms with van der Waals surface area (Å²) in [5.74, 6) is 2.99. The van der Waals surface area contributed by atoms with Crippen LogP contribution >= 0.6 is 0 Å². The van der Waals surface area contributed by atoms with E-state index < -0.39 is 0 Å². The highest BCUT2D eigenvalue weighted by Crippen LogP contribution is 2.49. The van der Waals surface area contributed by atoms with Gasteiger partial charge in [-0.1, -0.05) is 23.4 Å². The quantitative estimate of drug-likeness (QED) is 0.184. The van der Waals surface area contributed by atoms with E-state index in [1.165, 1.54) is 0 Å². The number of aryl methyl sites for hydroxylation is 1. The Morgan fingerprint density at radius 1 is 0.976 bits per heavy atom. The molecule has 12 nitrogen and oxygen atoms in total. The monoisotopic (exact) mass is 563 g/mol. The number of fused-ring (bicyclic) bond motifs is 4. The highest BCUT2D eigenvalue weighted by atomic mass is 16.6. The number of hydrogen-bond acceptors (Lipinski definition) is 10. The molecule has 42 heavy (non-hydrogen) atoms. The maximum absolute atomic E-state index is 6.41. The average Bonchev–Trinajstić information content (AvgIpc) is 3.78. The van der Waals surface area contributed by atoms with Crippen LogP contribution in [0.3, 0.4) is 0 Å². The molecule has 1 unspecified atom stereocenters. The van der Waals surface area contributed by atoms with E-state index in [9.17, 15) is 0 Å². The minimum Gasteiger partial charge on any atom is -0.493 e. The highest BCUT2D eigenvalue weighted by Gasteiger charge is 2.39. The number of benzene rings is 2. The van der Waals surface area contributed by atoms with Gasteiger partial charge in [0.2, 0.25) is 11.8 Å². The zero-order valence-corrected chi connectivity index (χ0v) is 23.0. The molecule has 1 atom stereocenters. The van der Waals surface area contributed by atoms with Crippen LogP contribution in [0.25, 0.3) is 11.3 Å². The molecule has 12 heteroatoms. The van der Waals surface area contributed by atoms with Gasteiger partial charge in [0.25, 0.3) is 0 Å². The molecule has 1 aliphatic rings. The molecule has 0 bridgehead atoms. The SMILES string of the molecule is COc1ccc(/C=N\OCc2nc3c4c(ncn3n2)Oc2c(c(C)nn2-c2ccccc2)C4c2ccco2)cc1OC. The van der Waals surface area contributed by atoms with Crippen molar-refractivity contribution in [2.24, 2.45) is 5.16 Å². The fourth-order valence-corrected chi connectivity index (χ4v) is 5.09. The molecule has 0 amide bonds. The van der Waals surface area contributed by atoms with Gasteiger partial charge in [0.05, 0.1) is 55.1 Å². The standard InChI is InChI=1S/C30H25N7O5/c1-18-25-26(22-10-7-13-40-22)27-28-33-24(16-41-32-15-19-11-12-21(38-2)23(14-19)39-3)35-36(28)17-31-29(27)42-30(25)37(34-18)20-8-5-4-6-9-20/h4-15,17,26H,16H2,1-3H3/b32-15-. The van der Waals surface area contributed by atoms with Gasteiger partial charge in [0.15, 0.2) is 29.6 Å². The number of furan rings is 1. The fraction of sp³-hybridized carbons (Fsp3) is 0.167. The van der Waals surface area contributed by atoms with Crippen molar-refractivity contribution >= 4 is 11.9 Å². The summed E-state index contributed by atoms with van der Waals surface area (Å²) < 4.78 is 26.3. The number of nitrogens with zero attached hydrogens (tertiary/aromatic N) is 7. The maximum Gasteiger partial charge on any atom is 0.230 e. The number of rotatable bonds is 8. The number of methoxy groups -OCH3 is 2. The van der Waals surface area contributed by atoms with Gasteiger partial charge in [-0.15, -0.1) is 5.10 Å². The Hall–Kier alpha value is -5.65. The second-order valence-electron chi connectivity index (χ2n) is 9.48. The van der Waals surface area contributed by atoms with Crippen LogP contribution in [0.15, 0.2) is 82.8 Å². The third-order valence-corrected chi connectivity index (χ3v) is 6.97. The van der Waals surface area contributed by atoms with Gasteiger partial charge in [0, 0.05) is 5.56 Å². The second kappa shape index (κ2) is 10.4. The summed E-state index contributed by atoms with van der Waals surface area (Å²) >= 11 is 0. The third-order valence-electron chi connectivity index (χ3n) is 6.97. The molecule has 0 radical (unpaired) electrons. The number of ether oxygens (including phenoxy) is 3. The van der Waals surface area contributed by atoms with E-state index in [4.69, 9.17) is 33.5 Å². The Balaban J connectivity index is 1.22. The van der Waals surface area contributed by atoms with Gasteiger partial charge in [-0.3, -0.25) is 0 Å². The van der Waals surface area contributed by atoms with Crippen molar-refractivity contribution in [3.05, 3.63) is 107 Å². The summed E-state index contributed by atoms with van der Waals surface area (Å²) in [5.41, 5.74) is 4.63. The smallest absolute Gasteiger partial charge is 0.230 e. The van der Waals surface area contributed by atoms with Crippen molar-refractivity contribution in [2.75, 3.05) is 14.2 Å². The summed E-state index contributed by atoms with van der Waals surface area (Å²) in [6, 6.07) is 19.1. The number of hydrogen-bond donors (Lipinski definition) is 0. The summed E-state index contributed by atoms with van der Waals surface area (Å²) in [6.45, 7) is 2.00. The van der Waals surface area contributed by atoms with Crippen LogP contribution < -0.4 is 14.2 Å². The molecule has 0 N–H and O–H groups in total. The molecule has 0 aliphatic carbocycles. The Morgan fingerprint density at radius 2 is 1.83 bits per heavy atom. The lowest BCUT2D eigenvalue weighted by Crippen LogP contribution is -2.15. The zero-order chi connectivity index (χ0) is 28.6.